The zero-order valence-corrected chi connectivity index (χ0v) is 26.6. The van der Waals surface area contributed by atoms with Crippen LogP contribution in [0.1, 0.15) is 50.3 Å². The van der Waals surface area contributed by atoms with Gasteiger partial charge in [-0.15, -0.1) is 0 Å². The van der Waals surface area contributed by atoms with Crippen LogP contribution in [0.25, 0.3) is 0 Å². The van der Waals surface area contributed by atoms with Gasteiger partial charge in [-0.3, -0.25) is 13.9 Å². The van der Waals surface area contributed by atoms with Crippen LogP contribution in [-0.4, -0.2) is 50.9 Å². The van der Waals surface area contributed by atoms with E-state index < -0.39 is 28.5 Å². The third kappa shape index (κ3) is 8.04. The summed E-state index contributed by atoms with van der Waals surface area (Å²) in [5.74, 6) is -0.158. The van der Waals surface area contributed by atoms with E-state index in [1.807, 2.05) is 46.8 Å². The number of benzene rings is 3. The first kappa shape index (κ1) is 32.9. The number of aryl methyl sites for hydroxylation is 2. The first-order valence-electron chi connectivity index (χ1n) is 14.0. The number of nitrogens with zero attached hydrogens (tertiary/aromatic N) is 2. The summed E-state index contributed by atoms with van der Waals surface area (Å²) in [6, 6.07) is 17.6. The summed E-state index contributed by atoms with van der Waals surface area (Å²) in [6.45, 7) is 8.94. The Morgan fingerprint density at radius 2 is 1.60 bits per heavy atom. The van der Waals surface area contributed by atoms with Gasteiger partial charge in [0, 0.05) is 17.6 Å². The number of anilines is 1. The standard InChI is InChI=1S/C32H40ClN3O5S/c1-7-24(5)34-32(38)30(8-2)35(20-25-12-15-27(41-6)16-13-25)31(37)21-36(26-14-11-23(4)29(33)19-26)42(39,40)28-17-9-22(3)10-18-28/h9-19,24,30H,7-8,20-21H2,1-6H3,(H,34,38)/t24-,30+/m0/s1. The molecule has 3 aromatic carbocycles. The van der Waals surface area contributed by atoms with Crippen molar-refractivity contribution in [2.45, 2.75) is 71.0 Å². The van der Waals surface area contributed by atoms with Crippen molar-refractivity contribution < 1.29 is 22.7 Å². The first-order chi connectivity index (χ1) is 19.9. The minimum Gasteiger partial charge on any atom is -0.497 e. The van der Waals surface area contributed by atoms with Gasteiger partial charge in [0.2, 0.25) is 11.8 Å². The fourth-order valence-corrected chi connectivity index (χ4v) is 5.97. The van der Waals surface area contributed by atoms with E-state index in [1.165, 1.54) is 23.1 Å². The van der Waals surface area contributed by atoms with Crippen LogP contribution in [-0.2, 0) is 26.2 Å². The highest BCUT2D eigenvalue weighted by molar-refractivity contribution is 7.92. The Morgan fingerprint density at radius 3 is 2.14 bits per heavy atom. The molecule has 0 aliphatic heterocycles. The van der Waals surface area contributed by atoms with Crippen molar-refractivity contribution >= 4 is 39.1 Å². The van der Waals surface area contributed by atoms with Gasteiger partial charge in [-0.05, 0) is 81.1 Å². The largest absolute Gasteiger partial charge is 0.497 e. The lowest BCUT2D eigenvalue weighted by Gasteiger charge is -2.34. The highest BCUT2D eigenvalue weighted by Gasteiger charge is 2.34. The van der Waals surface area contributed by atoms with Crippen molar-refractivity contribution in [1.82, 2.24) is 10.2 Å². The molecule has 0 aliphatic carbocycles. The summed E-state index contributed by atoms with van der Waals surface area (Å²) in [5, 5.41) is 3.35. The second-order valence-corrected chi connectivity index (χ2v) is 12.6. The molecule has 0 saturated heterocycles. The Morgan fingerprint density at radius 1 is 0.952 bits per heavy atom. The van der Waals surface area contributed by atoms with Gasteiger partial charge in [-0.2, -0.15) is 0 Å². The quantitative estimate of drug-likeness (QED) is 0.260. The maximum Gasteiger partial charge on any atom is 0.264 e. The van der Waals surface area contributed by atoms with Crippen molar-refractivity contribution in [3.05, 3.63) is 88.4 Å². The van der Waals surface area contributed by atoms with Crippen LogP contribution in [0.5, 0.6) is 5.75 Å². The maximum absolute atomic E-state index is 14.2. The van der Waals surface area contributed by atoms with E-state index in [2.05, 4.69) is 5.32 Å². The van der Waals surface area contributed by atoms with Crippen LogP contribution in [0.15, 0.2) is 71.6 Å². The number of ether oxygens (including phenoxy) is 1. The molecule has 3 aromatic rings. The maximum atomic E-state index is 14.2. The molecular formula is C32H40ClN3O5S. The molecule has 0 bridgehead atoms. The van der Waals surface area contributed by atoms with Crippen molar-refractivity contribution in [2.24, 2.45) is 0 Å². The fourth-order valence-electron chi connectivity index (χ4n) is 4.39. The molecule has 226 valence electrons. The molecule has 0 aromatic heterocycles. The normalized spacial score (nSPS) is 12.7. The molecule has 0 aliphatic rings. The Balaban J connectivity index is 2.08. The summed E-state index contributed by atoms with van der Waals surface area (Å²) in [4.78, 5) is 29.1. The van der Waals surface area contributed by atoms with Crippen molar-refractivity contribution in [1.29, 1.82) is 0 Å². The summed E-state index contributed by atoms with van der Waals surface area (Å²) >= 11 is 6.40. The van der Waals surface area contributed by atoms with Crippen LogP contribution in [0, 0.1) is 13.8 Å². The zero-order valence-electron chi connectivity index (χ0n) is 25.1. The second-order valence-electron chi connectivity index (χ2n) is 10.4. The van der Waals surface area contributed by atoms with E-state index in [4.69, 9.17) is 16.3 Å². The van der Waals surface area contributed by atoms with Crippen molar-refractivity contribution in [3.8, 4) is 5.75 Å². The first-order valence-corrected chi connectivity index (χ1v) is 15.8. The van der Waals surface area contributed by atoms with Crippen LogP contribution in [0.4, 0.5) is 5.69 Å². The topological polar surface area (TPSA) is 96.0 Å². The number of methoxy groups -OCH3 is 1. The van der Waals surface area contributed by atoms with Gasteiger partial charge in [0.05, 0.1) is 17.7 Å². The average molecular weight is 614 g/mol. The Bertz CT molecular complexity index is 1480. The van der Waals surface area contributed by atoms with Gasteiger partial charge in [0.1, 0.15) is 18.3 Å². The SMILES string of the molecule is CC[C@H](C(=O)N[C@@H](C)CC)N(Cc1ccc(OC)cc1)C(=O)CN(c1ccc(C)c(Cl)c1)S(=O)(=O)c1ccc(C)cc1. The molecule has 0 saturated carbocycles. The molecule has 2 amide bonds. The number of sulfonamides is 1. The molecule has 0 spiro atoms. The summed E-state index contributed by atoms with van der Waals surface area (Å²) in [7, 11) is -2.61. The van der Waals surface area contributed by atoms with Gasteiger partial charge in [-0.1, -0.05) is 61.3 Å². The molecule has 8 nitrogen and oxygen atoms in total. The average Bonchev–Trinajstić information content (AvgIpc) is 2.97. The molecule has 0 fully saturated rings. The number of amides is 2. The number of carbonyl (C=O) groups excluding carboxylic acids is 2. The Kier molecular flexibility index (Phi) is 11.4. The zero-order chi connectivity index (χ0) is 31.0. The number of rotatable bonds is 13. The van der Waals surface area contributed by atoms with Crippen LogP contribution < -0.4 is 14.4 Å². The van der Waals surface area contributed by atoms with E-state index in [1.54, 1.807) is 43.5 Å². The van der Waals surface area contributed by atoms with Crippen LogP contribution >= 0.6 is 11.6 Å². The molecule has 3 rings (SSSR count). The Labute approximate surface area is 254 Å². The van der Waals surface area contributed by atoms with E-state index >= 15 is 0 Å². The molecule has 42 heavy (non-hydrogen) atoms. The van der Waals surface area contributed by atoms with Crippen LogP contribution in [0.3, 0.4) is 0 Å². The van der Waals surface area contributed by atoms with E-state index in [0.29, 0.717) is 17.2 Å². The summed E-state index contributed by atoms with van der Waals surface area (Å²) in [6.07, 6.45) is 1.07. The highest BCUT2D eigenvalue weighted by atomic mass is 35.5. The number of hydrogen-bond donors (Lipinski definition) is 1. The Hall–Kier alpha value is -3.56. The lowest BCUT2D eigenvalue weighted by Crippen LogP contribution is -2.53. The van der Waals surface area contributed by atoms with E-state index in [0.717, 1.165) is 27.4 Å². The predicted octanol–water partition coefficient (Wildman–Crippen LogP) is 5.88. The molecule has 10 heteroatoms. The minimum absolute atomic E-state index is 0.0425. The molecule has 0 radical (unpaired) electrons. The number of carbonyl (C=O) groups is 2. The van der Waals surface area contributed by atoms with Gasteiger partial charge in [0.25, 0.3) is 10.0 Å². The lowest BCUT2D eigenvalue weighted by atomic mass is 10.1. The van der Waals surface area contributed by atoms with Gasteiger partial charge < -0.3 is 15.0 Å². The van der Waals surface area contributed by atoms with Crippen molar-refractivity contribution in [2.75, 3.05) is 18.0 Å². The lowest BCUT2D eigenvalue weighted by molar-refractivity contribution is -0.140. The van der Waals surface area contributed by atoms with E-state index in [9.17, 15) is 18.0 Å². The molecule has 0 heterocycles. The second kappa shape index (κ2) is 14.6. The third-order valence-corrected chi connectivity index (χ3v) is 9.43. The van der Waals surface area contributed by atoms with Crippen molar-refractivity contribution in [3.63, 3.8) is 0 Å². The van der Waals surface area contributed by atoms with Gasteiger partial charge in [-0.25, -0.2) is 8.42 Å². The predicted molar refractivity (Wildman–Crippen MR) is 167 cm³/mol. The molecule has 0 unspecified atom stereocenters. The van der Waals surface area contributed by atoms with Gasteiger partial charge in [0.15, 0.2) is 0 Å². The fraction of sp³-hybridized carbons (Fsp3) is 0.375. The summed E-state index contributed by atoms with van der Waals surface area (Å²) in [5.41, 5.74) is 2.69. The summed E-state index contributed by atoms with van der Waals surface area (Å²) < 4.78 is 34.3. The number of halogens is 1. The molecule has 1 N–H and O–H groups in total. The monoisotopic (exact) mass is 613 g/mol. The molecular weight excluding hydrogens is 574 g/mol. The minimum atomic E-state index is -4.18. The van der Waals surface area contributed by atoms with Crippen LogP contribution in [0.2, 0.25) is 5.02 Å². The third-order valence-electron chi connectivity index (χ3n) is 7.23. The number of hydrogen-bond acceptors (Lipinski definition) is 5. The molecule has 2 atom stereocenters. The van der Waals surface area contributed by atoms with E-state index in [-0.39, 0.29) is 29.1 Å². The smallest absolute Gasteiger partial charge is 0.264 e. The number of nitrogens with one attached hydrogen (secondary N) is 1. The van der Waals surface area contributed by atoms with Gasteiger partial charge >= 0.3 is 0 Å². The highest BCUT2D eigenvalue weighted by Crippen LogP contribution is 2.29.